The van der Waals surface area contributed by atoms with Crippen molar-refractivity contribution in [2.24, 2.45) is 0 Å². The van der Waals surface area contributed by atoms with Crippen molar-refractivity contribution in [1.82, 2.24) is 30.0 Å². The lowest BCUT2D eigenvalue weighted by Gasteiger charge is -2.05. The molecule has 0 aliphatic heterocycles. The van der Waals surface area contributed by atoms with E-state index >= 15 is 0 Å². The van der Waals surface area contributed by atoms with Crippen LogP contribution in [0.5, 0.6) is 0 Å². The fourth-order valence-corrected chi connectivity index (χ4v) is 3.65. The van der Waals surface area contributed by atoms with Crippen LogP contribution in [0, 0.1) is 0 Å². The van der Waals surface area contributed by atoms with Gasteiger partial charge < -0.3 is 4.42 Å². The third kappa shape index (κ3) is 3.44. The SMILES string of the molecule is CS(=O)(=O)c1ccc(-n2nnnc2Cn2nc(-c3cccs3)oc2=O)cc1. The van der Waals surface area contributed by atoms with Gasteiger partial charge in [0.05, 0.1) is 15.5 Å². The molecule has 0 N–H and O–H groups in total. The molecule has 0 fully saturated rings. The van der Waals surface area contributed by atoms with Crippen LogP contribution in [-0.4, -0.2) is 44.7 Å². The Morgan fingerprint density at radius 2 is 1.96 bits per heavy atom. The maximum absolute atomic E-state index is 12.1. The van der Waals surface area contributed by atoms with Crippen LogP contribution >= 0.6 is 11.3 Å². The third-order valence-electron chi connectivity index (χ3n) is 3.67. The van der Waals surface area contributed by atoms with E-state index in [1.165, 1.54) is 28.2 Å². The first kappa shape index (κ1) is 17.3. The molecular formula is C15H12N6O4S2. The van der Waals surface area contributed by atoms with Crippen molar-refractivity contribution in [3.8, 4) is 16.5 Å². The highest BCUT2D eigenvalue weighted by atomic mass is 32.2. The van der Waals surface area contributed by atoms with E-state index in [2.05, 4.69) is 20.6 Å². The zero-order valence-corrected chi connectivity index (χ0v) is 15.5. The Morgan fingerprint density at radius 1 is 1.19 bits per heavy atom. The Labute approximate surface area is 156 Å². The van der Waals surface area contributed by atoms with Gasteiger partial charge in [-0.15, -0.1) is 21.5 Å². The van der Waals surface area contributed by atoms with Crippen LogP contribution in [0.4, 0.5) is 0 Å². The number of aromatic nitrogens is 6. The minimum atomic E-state index is -3.30. The average Bonchev–Trinajstić information content (AvgIpc) is 3.36. The zero-order valence-electron chi connectivity index (χ0n) is 13.9. The zero-order chi connectivity index (χ0) is 19.0. The molecule has 0 aliphatic carbocycles. The normalized spacial score (nSPS) is 11.7. The molecule has 4 rings (SSSR count). The quantitative estimate of drug-likeness (QED) is 0.482. The van der Waals surface area contributed by atoms with E-state index in [9.17, 15) is 13.2 Å². The molecule has 0 atom stereocenters. The van der Waals surface area contributed by atoms with E-state index in [0.717, 1.165) is 15.8 Å². The van der Waals surface area contributed by atoms with Crippen molar-refractivity contribution in [2.45, 2.75) is 11.4 Å². The molecule has 1 aromatic carbocycles. The maximum atomic E-state index is 12.1. The highest BCUT2D eigenvalue weighted by Gasteiger charge is 2.16. The van der Waals surface area contributed by atoms with Gasteiger partial charge in [-0.3, -0.25) is 0 Å². The Balaban J connectivity index is 1.64. The van der Waals surface area contributed by atoms with Crippen LogP contribution in [0.2, 0.25) is 0 Å². The molecule has 3 aromatic heterocycles. The molecule has 12 heteroatoms. The van der Waals surface area contributed by atoms with E-state index in [4.69, 9.17) is 4.42 Å². The van der Waals surface area contributed by atoms with E-state index in [1.807, 2.05) is 11.4 Å². The van der Waals surface area contributed by atoms with Gasteiger partial charge in [-0.2, -0.15) is 9.36 Å². The van der Waals surface area contributed by atoms with Crippen molar-refractivity contribution in [1.29, 1.82) is 0 Å². The Kier molecular flexibility index (Phi) is 4.20. The summed E-state index contributed by atoms with van der Waals surface area (Å²) in [5, 5.41) is 17.5. The van der Waals surface area contributed by atoms with E-state index in [-0.39, 0.29) is 17.3 Å². The minimum Gasteiger partial charge on any atom is -0.387 e. The average molecular weight is 404 g/mol. The van der Waals surface area contributed by atoms with Crippen LogP contribution in [0.15, 0.2) is 55.9 Å². The number of benzene rings is 1. The summed E-state index contributed by atoms with van der Waals surface area (Å²) in [5.41, 5.74) is 0.553. The minimum absolute atomic E-state index is 0.00542. The van der Waals surface area contributed by atoms with Crippen molar-refractivity contribution in [3.05, 3.63) is 58.2 Å². The lowest BCUT2D eigenvalue weighted by molar-refractivity contribution is 0.489. The molecule has 138 valence electrons. The van der Waals surface area contributed by atoms with Crippen molar-refractivity contribution in [2.75, 3.05) is 6.26 Å². The van der Waals surface area contributed by atoms with Crippen LogP contribution in [-0.2, 0) is 16.4 Å². The van der Waals surface area contributed by atoms with Gasteiger partial charge in [0.1, 0.15) is 6.54 Å². The molecule has 0 aliphatic rings. The van der Waals surface area contributed by atoms with E-state index in [0.29, 0.717) is 11.5 Å². The van der Waals surface area contributed by atoms with E-state index in [1.54, 1.807) is 18.2 Å². The highest BCUT2D eigenvalue weighted by molar-refractivity contribution is 7.90. The standard InChI is InChI=1S/C15H12N6O4S2/c1-27(23,24)11-6-4-10(5-7-11)21-13(16-18-19-21)9-20-15(22)25-14(17-20)12-3-2-8-26-12/h2-8H,9H2,1H3. The first-order valence-electron chi connectivity index (χ1n) is 7.61. The molecule has 0 saturated carbocycles. The molecule has 4 aromatic rings. The fourth-order valence-electron chi connectivity index (χ4n) is 2.38. The van der Waals surface area contributed by atoms with Crippen molar-refractivity contribution >= 4 is 21.2 Å². The highest BCUT2D eigenvalue weighted by Crippen LogP contribution is 2.21. The number of sulfone groups is 1. The topological polar surface area (TPSA) is 126 Å². The molecule has 27 heavy (non-hydrogen) atoms. The predicted octanol–water partition coefficient (Wildman–Crippen LogP) is 0.992. The monoisotopic (exact) mass is 404 g/mol. The fraction of sp³-hybridized carbons (Fsp3) is 0.133. The Bertz CT molecular complexity index is 1240. The van der Waals surface area contributed by atoms with Gasteiger partial charge in [0.25, 0.3) is 5.89 Å². The second kappa shape index (κ2) is 6.55. The van der Waals surface area contributed by atoms with Gasteiger partial charge in [0, 0.05) is 6.26 Å². The molecule has 10 nitrogen and oxygen atoms in total. The maximum Gasteiger partial charge on any atom is 0.437 e. The largest absolute Gasteiger partial charge is 0.437 e. The smallest absolute Gasteiger partial charge is 0.387 e. The van der Waals surface area contributed by atoms with Gasteiger partial charge in [0.2, 0.25) is 0 Å². The number of nitrogens with zero attached hydrogens (tertiary/aromatic N) is 6. The number of hydrogen-bond donors (Lipinski definition) is 0. The Hall–Kier alpha value is -3.12. The van der Waals surface area contributed by atoms with E-state index < -0.39 is 15.6 Å². The van der Waals surface area contributed by atoms with Crippen LogP contribution in [0.3, 0.4) is 0 Å². The molecule has 0 bridgehead atoms. The van der Waals surface area contributed by atoms with Crippen molar-refractivity contribution in [3.63, 3.8) is 0 Å². The first-order valence-corrected chi connectivity index (χ1v) is 10.4. The predicted molar refractivity (Wildman–Crippen MR) is 95.4 cm³/mol. The van der Waals surface area contributed by atoms with Gasteiger partial charge >= 0.3 is 5.76 Å². The number of rotatable bonds is 5. The second-order valence-corrected chi connectivity index (χ2v) is 8.54. The molecule has 0 radical (unpaired) electrons. The summed E-state index contributed by atoms with van der Waals surface area (Å²) >= 11 is 1.41. The summed E-state index contributed by atoms with van der Waals surface area (Å²) in [6.45, 7) is -0.00542. The molecule has 0 unspecified atom stereocenters. The third-order valence-corrected chi connectivity index (χ3v) is 5.66. The Morgan fingerprint density at radius 3 is 2.63 bits per heavy atom. The summed E-state index contributed by atoms with van der Waals surface area (Å²) in [5.74, 6) is -0.0536. The molecule has 3 heterocycles. The lowest BCUT2D eigenvalue weighted by atomic mass is 10.3. The number of tetrazole rings is 1. The molecular weight excluding hydrogens is 392 g/mol. The summed E-state index contributed by atoms with van der Waals surface area (Å²) in [4.78, 5) is 13.0. The summed E-state index contributed by atoms with van der Waals surface area (Å²) in [6.07, 6.45) is 1.13. The van der Waals surface area contributed by atoms with Gasteiger partial charge in [-0.1, -0.05) is 6.07 Å². The molecule has 0 saturated heterocycles. The number of thiophene rings is 1. The lowest BCUT2D eigenvalue weighted by Crippen LogP contribution is -2.19. The van der Waals surface area contributed by atoms with Crippen LogP contribution in [0.25, 0.3) is 16.5 Å². The molecule has 0 spiro atoms. The summed E-state index contributed by atoms with van der Waals surface area (Å²) in [7, 11) is -3.30. The molecule has 0 amide bonds. The second-order valence-electron chi connectivity index (χ2n) is 5.58. The van der Waals surface area contributed by atoms with Gasteiger partial charge in [0.15, 0.2) is 15.7 Å². The first-order chi connectivity index (χ1) is 12.9. The summed E-state index contributed by atoms with van der Waals surface area (Å²) < 4.78 is 30.8. The van der Waals surface area contributed by atoms with Crippen LogP contribution in [0.1, 0.15) is 5.82 Å². The van der Waals surface area contributed by atoms with Crippen LogP contribution < -0.4 is 5.76 Å². The van der Waals surface area contributed by atoms with Crippen molar-refractivity contribution < 1.29 is 12.8 Å². The number of hydrogen-bond acceptors (Lipinski definition) is 9. The summed E-state index contributed by atoms with van der Waals surface area (Å²) in [6, 6.07) is 9.73. The van der Waals surface area contributed by atoms with Gasteiger partial charge in [-0.05, 0) is 46.1 Å². The van der Waals surface area contributed by atoms with Gasteiger partial charge in [-0.25, -0.2) is 13.2 Å².